The van der Waals surface area contributed by atoms with Gasteiger partial charge in [-0.1, -0.05) is 72.8 Å². The molecule has 0 aliphatic heterocycles. The van der Waals surface area contributed by atoms with Crippen LogP contribution in [0, 0.1) is 0 Å². The molecule has 4 rings (SSSR count). The zero-order valence-corrected chi connectivity index (χ0v) is 20.2. The smallest absolute Gasteiger partial charge is 0.287 e. The van der Waals surface area contributed by atoms with Crippen molar-refractivity contribution >= 4 is 15.9 Å². The van der Waals surface area contributed by atoms with Crippen LogP contribution in [0.1, 0.15) is 0 Å². The van der Waals surface area contributed by atoms with Gasteiger partial charge in [-0.2, -0.15) is 9.79 Å². The van der Waals surface area contributed by atoms with Crippen LogP contribution in [0.4, 0.5) is 0 Å². The Morgan fingerprint density at radius 1 is 0.412 bits per heavy atom. The van der Waals surface area contributed by atoms with E-state index in [1.807, 2.05) is 60.7 Å². The molecule has 0 spiro atoms. The molecule has 0 saturated carbocycles. The van der Waals surface area contributed by atoms with Crippen LogP contribution in [0.15, 0.2) is 121 Å². The van der Waals surface area contributed by atoms with E-state index >= 15 is 0 Å². The fourth-order valence-corrected chi connectivity index (χ4v) is 7.35. The average Bonchev–Trinajstić information content (AvgIpc) is 2.85. The van der Waals surface area contributed by atoms with Gasteiger partial charge in [-0.15, -0.1) is 0 Å². The molecule has 8 heteroatoms. The minimum atomic E-state index is -3.79. The Balaban J connectivity index is 1.64. The highest BCUT2D eigenvalue weighted by Gasteiger charge is 2.55. The summed E-state index contributed by atoms with van der Waals surface area (Å²) < 4.78 is 24.6. The van der Waals surface area contributed by atoms with Gasteiger partial charge >= 0.3 is 15.9 Å². The molecule has 0 fully saturated rings. The molecule has 0 atom stereocenters. The summed E-state index contributed by atoms with van der Waals surface area (Å²) in [5.74, 6) is 2.02. The second-order valence-corrected chi connectivity index (χ2v) is 11.5. The highest BCUT2D eigenvalue weighted by Crippen LogP contribution is 2.64. The van der Waals surface area contributed by atoms with Crippen LogP contribution < -0.4 is 18.1 Å². The predicted octanol–water partition coefficient (Wildman–Crippen LogP) is 6.81. The number of hydrogen-bond donors (Lipinski definition) is 2. The van der Waals surface area contributed by atoms with Gasteiger partial charge in [0.1, 0.15) is 0 Å². The maximum Gasteiger partial charge on any atom is 0.545 e. The van der Waals surface area contributed by atoms with Crippen molar-refractivity contribution in [2.45, 2.75) is 0 Å². The quantitative estimate of drug-likeness (QED) is 0.222. The Labute approximate surface area is 200 Å². The van der Waals surface area contributed by atoms with E-state index < -0.39 is 15.9 Å². The highest BCUT2D eigenvalue weighted by atomic mass is 31.2. The summed E-state index contributed by atoms with van der Waals surface area (Å²) in [7, 11) is -7.02. The molecule has 2 N–H and O–H groups in total. The largest absolute Gasteiger partial charge is 0.545 e. The van der Waals surface area contributed by atoms with E-state index in [1.54, 1.807) is 60.7 Å². The average molecular weight is 496 g/mol. The Bertz CT molecular complexity index is 1030. The zero-order chi connectivity index (χ0) is 23.7. The van der Waals surface area contributed by atoms with Crippen molar-refractivity contribution in [1.29, 1.82) is 0 Å². The normalized spacial score (nSPS) is 11.5. The number of hydrogen-bond acceptors (Lipinski definition) is 6. The molecule has 34 heavy (non-hydrogen) atoms. The summed E-state index contributed by atoms with van der Waals surface area (Å²) in [6, 6.07) is 36.3. The van der Waals surface area contributed by atoms with Gasteiger partial charge in [0.2, 0.25) is 6.16 Å². The zero-order valence-electron chi connectivity index (χ0n) is 18.4. The van der Waals surface area contributed by atoms with Gasteiger partial charge in [0.25, 0.3) is 0 Å². The van der Waals surface area contributed by atoms with Crippen LogP contribution in [0.2, 0.25) is 0 Å². The topological polar surface area (TPSA) is 77.4 Å². The Kier molecular flexibility index (Phi) is 7.99. The Morgan fingerprint density at radius 2 is 0.706 bits per heavy atom. The van der Waals surface area contributed by atoms with Crippen LogP contribution in [0.25, 0.3) is 0 Å². The minimum absolute atomic E-state index is 0.0687. The Hall–Kier alpha value is -3.14. The van der Waals surface area contributed by atoms with Crippen LogP contribution >= 0.6 is 15.9 Å². The molecule has 174 valence electrons. The number of benzene rings is 4. The van der Waals surface area contributed by atoms with Crippen molar-refractivity contribution in [3.8, 4) is 23.0 Å². The lowest BCUT2D eigenvalue weighted by Crippen LogP contribution is -2.22. The molecular formula is C26H26O6P2+2. The van der Waals surface area contributed by atoms with E-state index in [2.05, 4.69) is 0 Å². The molecule has 0 amide bonds. The van der Waals surface area contributed by atoms with E-state index in [-0.39, 0.29) is 12.3 Å². The summed E-state index contributed by atoms with van der Waals surface area (Å²) in [6.07, 6.45) is -0.0541. The van der Waals surface area contributed by atoms with Crippen LogP contribution in [-0.4, -0.2) is 22.1 Å². The van der Waals surface area contributed by atoms with Gasteiger partial charge in [-0.25, -0.2) is 0 Å². The van der Waals surface area contributed by atoms with Crippen molar-refractivity contribution in [1.82, 2.24) is 0 Å². The van der Waals surface area contributed by atoms with Crippen molar-refractivity contribution in [3.63, 3.8) is 0 Å². The van der Waals surface area contributed by atoms with Gasteiger partial charge in [0.15, 0.2) is 29.2 Å². The highest BCUT2D eigenvalue weighted by molar-refractivity contribution is 7.65. The number of para-hydroxylation sites is 4. The Morgan fingerprint density at radius 3 is 1.03 bits per heavy atom. The summed E-state index contributed by atoms with van der Waals surface area (Å²) in [5.41, 5.74) is 0. The summed E-state index contributed by atoms with van der Waals surface area (Å²) in [4.78, 5) is 21.5. The molecule has 0 aliphatic carbocycles. The van der Waals surface area contributed by atoms with Gasteiger partial charge in [0.05, 0.1) is 0 Å². The van der Waals surface area contributed by atoms with Gasteiger partial charge < -0.3 is 0 Å². The molecule has 4 aromatic rings. The lowest BCUT2D eigenvalue weighted by Gasteiger charge is -2.23. The molecule has 4 aromatic carbocycles. The molecule has 0 unspecified atom stereocenters. The summed E-state index contributed by atoms with van der Waals surface area (Å²) in [5, 5.41) is 0. The first-order chi connectivity index (χ1) is 16.5. The van der Waals surface area contributed by atoms with E-state index in [4.69, 9.17) is 18.1 Å². The summed E-state index contributed by atoms with van der Waals surface area (Å²) >= 11 is 0. The summed E-state index contributed by atoms with van der Waals surface area (Å²) in [6.45, 7) is 0. The molecule has 0 heterocycles. The third-order valence-electron chi connectivity index (χ3n) is 4.62. The van der Waals surface area contributed by atoms with Gasteiger partial charge in [-0.05, 0) is 48.5 Å². The van der Waals surface area contributed by atoms with Crippen molar-refractivity contribution < 1.29 is 27.9 Å². The molecule has 0 saturated heterocycles. The first kappa shape index (κ1) is 24.0. The molecular weight excluding hydrogens is 470 g/mol. The second-order valence-electron chi connectivity index (χ2n) is 7.34. The molecule has 6 nitrogen and oxygen atoms in total. The van der Waals surface area contributed by atoms with Crippen molar-refractivity contribution in [2.24, 2.45) is 0 Å². The lowest BCUT2D eigenvalue weighted by atomic mass is 10.3. The first-order valence-electron chi connectivity index (χ1n) is 10.7. The molecule has 0 aliphatic rings. The van der Waals surface area contributed by atoms with E-state index in [9.17, 15) is 9.79 Å². The maximum absolute atomic E-state index is 10.7. The first-order valence-corrected chi connectivity index (χ1v) is 14.2. The second kappa shape index (κ2) is 11.3. The minimum Gasteiger partial charge on any atom is -0.287 e. The van der Waals surface area contributed by atoms with Crippen molar-refractivity contribution in [2.75, 3.05) is 12.3 Å². The standard InChI is InChI=1S/C26H26O6P2/c27-33(28,29-23-13-5-1-6-14-23)21-22-34(30-24-15-7-2-8-16-24,31-25-17-9-3-10-18-25)32-26-19-11-4-12-20-26/h1-20,27-28H,21-22H2/q+2. The van der Waals surface area contributed by atoms with Crippen LogP contribution in [0.3, 0.4) is 0 Å². The molecule has 0 bridgehead atoms. The van der Waals surface area contributed by atoms with Crippen LogP contribution in [0.5, 0.6) is 23.0 Å². The maximum atomic E-state index is 10.7. The number of rotatable bonds is 11. The van der Waals surface area contributed by atoms with Crippen LogP contribution in [-0.2, 0) is 0 Å². The molecule has 0 aromatic heterocycles. The fourth-order valence-electron chi connectivity index (χ4n) is 3.07. The fraction of sp³-hybridized carbons (Fsp3) is 0.0769. The lowest BCUT2D eigenvalue weighted by molar-refractivity contribution is 0.331. The SMILES string of the molecule is O[P+](O)(CC[P+](Oc1ccccc1)(Oc1ccccc1)Oc1ccccc1)Oc1ccccc1. The predicted molar refractivity (Wildman–Crippen MR) is 136 cm³/mol. The third-order valence-corrected chi connectivity index (χ3v) is 8.52. The molecule has 0 radical (unpaired) electrons. The monoisotopic (exact) mass is 496 g/mol. The van der Waals surface area contributed by atoms with Crippen molar-refractivity contribution in [3.05, 3.63) is 121 Å². The third kappa shape index (κ3) is 7.18. The van der Waals surface area contributed by atoms with E-state index in [0.29, 0.717) is 23.0 Å². The van der Waals surface area contributed by atoms with E-state index in [1.165, 1.54) is 0 Å². The van der Waals surface area contributed by atoms with E-state index in [0.717, 1.165) is 0 Å². The van der Waals surface area contributed by atoms with Gasteiger partial charge in [0, 0.05) is 0 Å². The van der Waals surface area contributed by atoms with Gasteiger partial charge in [-0.3, -0.25) is 18.1 Å².